The molecule has 0 saturated heterocycles. The number of anilines is 1. The molecule has 0 bridgehead atoms. The predicted molar refractivity (Wildman–Crippen MR) is 112 cm³/mol. The first-order chi connectivity index (χ1) is 13.5. The number of ether oxygens (including phenoxy) is 1. The molecule has 2 N–H and O–H groups in total. The molecule has 1 aliphatic rings. The second kappa shape index (κ2) is 7.59. The molecule has 0 unspecified atom stereocenters. The first-order valence-electron chi connectivity index (χ1n) is 9.32. The zero-order valence-electron chi connectivity index (χ0n) is 17.3. The Hall–Kier alpha value is -2.74. The van der Waals surface area contributed by atoms with E-state index in [2.05, 4.69) is 5.10 Å². The van der Waals surface area contributed by atoms with Gasteiger partial charge in [0.25, 0.3) is 5.91 Å². The number of amides is 2. The van der Waals surface area contributed by atoms with Crippen molar-refractivity contribution < 1.29 is 14.3 Å². The SMILES string of the molecule is CN(C)c1cc(Cl)cc(-c2nn3c(c2C(N)=O)CN(C(=O)OC(C)(C)C)CC3)c1. The van der Waals surface area contributed by atoms with Crippen molar-refractivity contribution in [1.29, 1.82) is 0 Å². The number of hydrogen-bond acceptors (Lipinski definition) is 5. The minimum atomic E-state index is -0.601. The van der Waals surface area contributed by atoms with Crippen LogP contribution >= 0.6 is 11.6 Å². The van der Waals surface area contributed by atoms with Gasteiger partial charge in [0.05, 0.1) is 24.3 Å². The van der Waals surface area contributed by atoms with Gasteiger partial charge in [-0.05, 0) is 39.0 Å². The summed E-state index contributed by atoms with van der Waals surface area (Å²) in [5.74, 6) is -0.598. The van der Waals surface area contributed by atoms with Gasteiger partial charge in [0.15, 0.2) is 0 Å². The minimum Gasteiger partial charge on any atom is -0.444 e. The van der Waals surface area contributed by atoms with Crippen molar-refractivity contribution in [2.24, 2.45) is 5.73 Å². The number of aromatic nitrogens is 2. The normalized spacial score (nSPS) is 13.8. The van der Waals surface area contributed by atoms with Gasteiger partial charge >= 0.3 is 6.09 Å². The van der Waals surface area contributed by atoms with Crippen LogP contribution in [-0.4, -0.2) is 52.9 Å². The summed E-state index contributed by atoms with van der Waals surface area (Å²) >= 11 is 6.28. The summed E-state index contributed by atoms with van der Waals surface area (Å²) in [6.07, 6.45) is -0.431. The van der Waals surface area contributed by atoms with Crippen molar-refractivity contribution in [2.45, 2.75) is 39.5 Å². The number of nitrogens with two attached hydrogens (primary N) is 1. The van der Waals surface area contributed by atoms with Crippen molar-refractivity contribution >= 4 is 29.3 Å². The van der Waals surface area contributed by atoms with Crippen molar-refractivity contribution in [1.82, 2.24) is 14.7 Å². The second-order valence-corrected chi connectivity index (χ2v) is 8.69. The highest BCUT2D eigenvalue weighted by Gasteiger charge is 2.31. The zero-order valence-corrected chi connectivity index (χ0v) is 18.1. The highest BCUT2D eigenvalue weighted by molar-refractivity contribution is 6.31. The fraction of sp³-hybridized carbons (Fsp3) is 0.450. The topological polar surface area (TPSA) is 93.7 Å². The minimum absolute atomic E-state index is 0.196. The van der Waals surface area contributed by atoms with Gasteiger partial charge in [0.2, 0.25) is 0 Å². The molecule has 2 amide bonds. The fourth-order valence-electron chi connectivity index (χ4n) is 3.23. The molecule has 0 saturated carbocycles. The Balaban J connectivity index is 2.02. The molecule has 1 aromatic carbocycles. The molecule has 0 spiro atoms. The summed E-state index contributed by atoms with van der Waals surface area (Å²) in [7, 11) is 3.81. The van der Waals surface area contributed by atoms with Crippen LogP contribution in [-0.2, 0) is 17.8 Å². The van der Waals surface area contributed by atoms with Crippen LogP contribution < -0.4 is 10.6 Å². The van der Waals surface area contributed by atoms with Crippen molar-refractivity contribution in [3.05, 3.63) is 34.5 Å². The monoisotopic (exact) mass is 419 g/mol. The molecule has 0 radical (unpaired) electrons. The average Bonchev–Trinajstić information content (AvgIpc) is 2.98. The van der Waals surface area contributed by atoms with Gasteiger partial charge < -0.3 is 20.3 Å². The Morgan fingerprint density at radius 1 is 1.21 bits per heavy atom. The number of halogens is 1. The molecule has 1 aliphatic heterocycles. The molecule has 1 aromatic heterocycles. The van der Waals surface area contributed by atoms with Gasteiger partial charge in [-0.1, -0.05) is 11.6 Å². The van der Waals surface area contributed by atoms with Gasteiger partial charge in [0, 0.05) is 36.9 Å². The fourth-order valence-corrected chi connectivity index (χ4v) is 3.46. The highest BCUT2D eigenvalue weighted by atomic mass is 35.5. The molecule has 0 aliphatic carbocycles. The van der Waals surface area contributed by atoms with Crippen LogP contribution in [0.15, 0.2) is 18.2 Å². The van der Waals surface area contributed by atoms with E-state index in [0.717, 1.165) is 5.69 Å². The Labute approximate surface area is 175 Å². The smallest absolute Gasteiger partial charge is 0.410 e. The molecule has 8 nitrogen and oxygen atoms in total. The lowest BCUT2D eigenvalue weighted by Gasteiger charge is -2.30. The first kappa shape index (κ1) is 21.0. The Morgan fingerprint density at radius 2 is 1.90 bits per heavy atom. The van der Waals surface area contributed by atoms with E-state index in [9.17, 15) is 9.59 Å². The van der Waals surface area contributed by atoms with Gasteiger partial charge in [-0.3, -0.25) is 9.48 Å². The number of nitrogens with zero attached hydrogens (tertiary/aromatic N) is 4. The van der Waals surface area contributed by atoms with E-state index < -0.39 is 17.6 Å². The molecule has 2 aromatic rings. The molecular formula is C20H26ClN5O3. The lowest BCUT2D eigenvalue weighted by atomic mass is 10.0. The maximum absolute atomic E-state index is 12.5. The summed E-state index contributed by atoms with van der Waals surface area (Å²) in [5, 5.41) is 5.14. The highest BCUT2D eigenvalue weighted by Crippen LogP contribution is 2.33. The second-order valence-electron chi connectivity index (χ2n) is 8.25. The summed E-state index contributed by atoms with van der Waals surface area (Å²) in [6.45, 7) is 6.51. The van der Waals surface area contributed by atoms with Gasteiger partial charge in [-0.2, -0.15) is 5.10 Å². The largest absolute Gasteiger partial charge is 0.444 e. The van der Waals surface area contributed by atoms with Crippen molar-refractivity contribution in [3.63, 3.8) is 0 Å². The standard InChI is InChI=1S/C20H26ClN5O3/c1-20(2,3)29-19(28)25-6-7-26-15(11-25)16(18(22)27)17(23-26)12-8-13(21)10-14(9-12)24(4)5/h8-10H,6-7,11H2,1-5H3,(H2,22,27). The van der Waals surface area contributed by atoms with Crippen molar-refractivity contribution in [3.8, 4) is 11.3 Å². The van der Waals surface area contributed by atoms with Crippen LogP contribution in [0.1, 0.15) is 36.8 Å². The number of carbonyl (C=O) groups is 2. The summed E-state index contributed by atoms with van der Waals surface area (Å²) in [5.41, 5.74) is 8.03. The molecule has 2 heterocycles. The van der Waals surface area contributed by atoms with E-state index in [-0.39, 0.29) is 6.54 Å². The van der Waals surface area contributed by atoms with Crippen LogP contribution in [0, 0.1) is 0 Å². The molecular weight excluding hydrogens is 394 g/mol. The third kappa shape index (κ3) is 4.48. The maximum atomic E-state index is 12.5. The van der Waals surface area contributed by atoms with Crippen LogP contribution in [0.25, 0.3) is 11.3 Å². The Morgan fingerprint density at radius 3 is 2.48 bits per heavy atom. The Bertz CT molecular complexity index is 962. The lowest BCUT2D eigenvalue weighted by Crippen LogP contribution is -2.42. The number of carbonyl (C=O) groups excluding carboxylic acids is 2. The zero-order chi connectivity index (χ0) is 21.5. The number of fused-ring (bicyclic) bond motifs is 1. The van der Waals surface area contributed by atoms with Crippen LogP contribution in [0.4, 0.5) is 10.5 Å². The molecule has 156 valence electrons. The van der Waals surface area contributed by atoms with E-state index in [1.54, 1.807) is 15.6 Å². The third-order valence-electron chi connectivity index (χ3n) is 4.55. The van der Waals surface area contributed by atoms with Gasteiger partial charge in [-0.25, -0.2) is 4.79 Å². The summed E-state index contributed by atoms with van der Waals surface area (Å²) in [6, 6.07) is 5.48. The van der Waals surface area contributed by atoms with E-state index >= 15 is 0 Å². The number of primary amides is 1. The van der Waals surface area contributed by atoms with Gasteiger partial charge in [-0.15, -0.1) is 0 Å². The molecule has 0 atom stereocenters. The number of hydrogen-bond donors (Lipinski definition) is 1. The maximum Gasteiger partial charge on any atom is 0.410 e. The number of benzene rings is 1. The van der Waals surface area contributed by atoms with Crippen LogP contribution in [0.2, 0.25) is 5.02 Å². The predicted octanol–water partition coefficient (Wildman–Crippen LogP) is 3.12. The lowest BCUT2D eigenvalue weighted by molar-refractivity contribution is 0.0193. The molecule has 29 heavy (non-hydrogen) atoms. The van der Waals surface area contributed by atoms with E-state index in [1.807, 2.05) is 51.9 Å². The van der Waals surface area contributed by atoms with Crippen LogP contribution in [0.5, 0.6) is 0 Å². The molecule has 0 fully saturated rings. The Kier molecular flexibility index (Phi) is 5.49. The third-order valence-corrected chi connectivity index (χ3v) is 4.77. The van der Waals surface area contributed by atoms with E-state index in [0.29, 0.717) is 40.6 Å². The van der Waals surface area contributed by atoms with Gasteiger partial charge in [0.1, 0.15) is 11.3 Å². The van der Waals surface area contributed by atoms with Crippen molar-refractivity contribution in [2.75, 3.05) is 25.5 Å². The van der Waals surface area contributed by atoms with E-state index in [1.165, 1.54) is 0 Å². The van der Waals surface area contributed by atoms with E-state index in [4.69, 9.17) is 22.1 Å². The van der Waals surface area contributed by atoms with Crippen LogP contribution in [0.3, 0.4) is 0 Å². The quantitative estimate of drug-likeness (QED) is 0.824. The number of rotatable bonds is 3. The average molecular weight is 420 g/mol. The molecule has 3 rings (SSSR count). The summed E-state index contributed by atoms with van der Waals surface area (Å²) in [4.78, 5) is 28.3. The first-order valence-corrected chi connectivity index (χ1v) is 9.70. The summed E-state index contributed by atoms with van der Waals surface area (Å²) < 4.78 is 7.19. The molecule has 9 heteroatoms.